The van der Waals surface area contributed by atoms with Gasteiger partial charge in [-0.2, -0.15) is 5.10 Å². The van der Waals surface area contributed by atoms with Crippen LogP contribution in [-0.2, 0) is 16.1 Å². The van der Waals surface area contributed by atoms with E-state index in [1.54, 1.807) is 17.2 Å². The number of hydrogen-bond donors (Lipinski definition) is 2. The van der Waals surface area contributed by atoms with Crippen LogP contribution in [0.1, 0.15) is 34.3 Å². The molecule has 24 heavy (non-hydrogen) atoms. The summed E-state index contributed by atoms with van der Waals surface area (Å²) in [5.41, 5.74) is 4.41. The van der Waals surface area contributed by atoms with E-state index in [2.05, 4.69) is 15.5 Å². The smallest absolute Gasteiger partial charge is 0.255 e. The SMILES string of the molecule is Cc1cn[nH]c1-c1ccc2c(c1)CN(C1CCC(=O)NC1=O)C2=O. The van der Waals surface area contributed by atoms with Crippen molar-refractivity contribution in [2.24, 2.45) is 0 Å². The van der Waals surface area contributed by atoms with Crippen LogP contribution in [-0.4, -0.2) is 38.9 Å². The van der Waals surface area contributed by atoms with E-state index in [0.29, 0.717) is 18.5 Å². The summed E-state index contributed by atoms with van der Waals surface area (Å²) in [5, 5.41) is 9.30. The number of hydrogen-bond acceptors (Lipinski definition) is 4. The van der Waals surface area contributed by atoms with Crippen molar-refractivity contribution in [3.05, 3.63) is 41.1 Å². The second-order valence-corrected chi connectivity index (χ2v) is 6.20. The molecule has 0 radical (unpaired) electrons. The number of H-pyrrole nitrogens is 1. The van der Waals surface area contributed by atoms with Crippen LogP contribution in [0.2, 0.25) is 0 Å². The van der Waals surface area contributed by atoms with E-state index in [1.807, 2.05) is 19.1 Å². The number of carbonyl (C=O) groups excluding carboxylic acids is 3. The minimum absolute atomic E-state index is 0.160. The van der Waals surface area contributed by atoms with Crippen molar-refractivity contribution in [1.29, 1.82) is 0 Å². The molecular weight excluding hydrogens is 308 g/mol. The number of aromatic nitrogens is 2. The minimum atomic E-state index is -0.583. The number of aryl methyl sites for hydroxylation is 1. The molecular formula is C17H16N4O3. The van der Waals surface area contributed by atoms with Crippen molar-refractivity contribution >= 4 is 17.7 Å². The van der Waals surface area contributed by atoms with Gasteiger partial charge in [0.15, 0.2) is 0 Å². The summed E-state index contributed by atoms with van der Waals surface area (Å²) in [6.07, 6.45) is 2.38. The Hall–Kier alpha value is -2.96. The fraction of sp³-hybridized carbons (Fsp3) is 0.294. The first kappa shape index (κ1) is 14.6. The molecule has 1 atom stereocenters. The lowest BCUT2D eigenvalue weighted by molar-refractivity contribution is -0.136. The molecule has 0 aliphatic carbocycles. The highest BCUT2D eigenvalue weighted by Crippen LogP contribution is 2.31. The molecule has 1 unspecified atom stereocenters. The van der Waals surface area contributed by atoms with Gasteiger partial charge in [0.1, 0.15) is 6.04 Å². The molecule has 0 spiro atoms. The van der Waals surface area contributed by atoms with Gasteiger partial charge < -0.3 is 4.90 Å². The van der Waals surface area contributed by atoms with E-state index in [9.17, 15) is 14.4 Å². The van der Waals surface area contributed by atoms with E-state index < -0.39 is 11.9 Å². The Kier molecular flexibility index (Phi) is 3.23. The zero-order valence-electron chi connectivity index (χ0n) is 13.1. The zero-order chi connectivity index (χ0) is 16.8. The Bertz CT molecular complexity index is 870. The van der Waals surface area contributed by atoms with E-state index >= 15 is 0 Å². The van der Waals surface area contributed by atoms with Gasteiger partial charge in [-0.25, -0.2) is 0 Å². The van der Waals surface area contributed by atoms with Crippen molar-refractivity contribution in [2.45, 2.75) is 32.4 Å². The molecule has 1 aromatic heterocycles. The van der Waals surface area contributed by atoms with Crippen molar-refractivity contribution < 1.29 is 14.4 Å². The van der Waals surface area contributed by atoms with Crippen molar-refractivity contribution in [1.82, 2.24) is 20.4 Å². The van der Waals surface area contributed by atoms with Gasteiger partial charge in [0.2, 0.25) is 11.8 Å². The maximum atomic E-state index is 12.6. The van der Waals surface area contributed by atoms with Crippen LogP contribution in [0.4, 0.5) is 0 Å². The fourth-order valence-electron chi connectivity index (χ4n) is 3.37. The number of aromatic amines is 1. The highest BCUT2D eigenvalue weighted by atomic mass is 16.2. The highest BCUT2D eigenvalue weighted by Gasteiger charge is 2.39. The molecule has 1 saturated heterocycles. The first-order valence-corrected chi connectivity index (χ1v) is 7.82. The Morgan fingerprint density at radius 2 is 2.08 bits per heavy atom. The molecule has 7 nitrogen and oxygen atoms in total. The van der Waals surface area contributed by atoms with Gasteiger partial charge in [-0.05, 0) is 36.6 Å². The number of rotatable bonds is 2. The first-order valence-electron chi connectivity index (χ1n) is 7.82. The lowest BCUT2D eigenvalue weighted by atomic mass is 10.0. The third-order valence-electron chi connectivity index (χ3n) is 4.64. The van der Waals surface area contributed by atoms with Gasteiger partial charge in [0.05, 0.1) is 11.9 Å². The Morgan fingerprint density at radius 1 is 1.25 bits per heavy atom. The number of fused-ring (bicyclic) bond motifs is 1. The molecule has 2 aromatic rings. The molecule has 3 amide bonds. The number of nitrogens with one attached hydrogen (secondary N) is 2. The van der Waals surface area contributed by atoms with Gasteiger partial charge >= 0.3 is 0 Å². The summed E-state index contributed by atoms with van der Waals surface area (Å²) in [7, 11) is 0. The highest BCUT2D eigenvalue weighted by molar-refractivity contribution is 6.05. The van der Waals surface area contributed by atoms with Crippen molar-refractivity contribution in [3.63, 3.8) is 0 Å². The average molecular weight is 324 g/mol. The first-order chi connectivity index (χ1) is 11.5. The van der Waals surface area contributed by atoms with E-state index in [1.165, 1.54) is 0 Å². The second kappa shape index (κ2) is 5.30. The van der Waals surface area contributed by atoms with Crippen LogP contribution >= 0.6 is 0 Å². The third-order valence-corrected chi connectivity index (χ3v) is 4.64. The molecule has 3 heterocycles. The number of carbonyl (C=O) groups is 3. The molecule has 4 rings (SSSR count). The van der Waals surface area contributed by atoms with Gasteiger partial charge in [0, 0.05) is 24.1 Å². The van der Waals surface area contributed by atoms with Crippen molar-refractivity contribution in [3.8, 4) is 11.3 Å². The predicted molar refractivity (Wildman–Crippen MR) is 84.8 cm³/mol. The molecule has 0 bridgehead atoms. The van der Waals surface area contributed by atoms with Gasteiger partial charge in [-0.1, -0.05) is 6.07 Å². The lowest BCUT2D eigenvalue weighted by Crippen LogP contribution is -2.52. The van der Waals surface area contributed by atoms with Gasteiger partial charge in [0.25, 0.3) is 5.91 Å². The minimum Gasteiger partial charge on any atom is -0.322 e. The molecule has 2 aliphatic heterocycles. The maximum absolute atomic E-state index is 12.6. The van der Waals surface area contributed by atoms with Gasteiger partial charge in [-0.3, -0.25) is 24.8 Å². The number of amides is 3. The van der Waals surface area contributed by atoms with Gasteiger partial charge in [-0.15, -0.1) is 0 Å². The average Bonchev–Trinajstić information content (AvgIpc) is 3.11. The fourth-order valence-corrected chi connectivity index (χ4v) is 3.37. The van der Waals surface area contributed by atoms with Crippen LogP contribution in [0.15, 0.2) is 24.4 Å². The largest absolute Gasteiger partial charge is 0.322 e. The number of nitrogens with zero attached hydrogens (tertiary/aromatic N) is 2. The van der Waals surface area contributed by atoms with E-state index in [4.69, 9.17) is 0 Å². The molecule has 1 aromatic carbocycles. The molecule has 7 heteroatoms. The zero-order valence-corrected chi connectivity index (χ0v) is 13.1. The quantitative estimate of drug-likeness (QED) is 0.810. The molecule has 2 aliphatic rings. The topological polar surface area (TPSA) is 95.2 Å². The Labute approximate surface area is 138 Å². The summed E-state index contributed by atoms with van der Waals surface area (Å²) in [4.78, 5) is 37.5. The van der Waals surface area contributed by atoms with Crippen LogP contribution in [0.5, 0.6) is 0 Å². The van der Waals surface area contributed by atoms with E-state index in [0.717, 1.165) is 22.4 Å². The summed E-state index contributed by atoms with van der Waals surface area (Å²) in [5.74, 6) is -0.832. The van der Waals surface area contributed by atoms with Crippen LogP contribution in [0, 0.1) is 6.92 Å². The summed E-state index contributed by atoms with van der Waals surface area (Å²) in [6.45, 7) is 2.34. The van der Waals surface area contributed by atoms with E-state index in [-0.39, 0.29) is 18.2 Å². The number of imide groups is 1. The summed E-state index contributed by atoms with van der Waals surface area (Å²) in [6, 6.07) is 5.05. The van der Waals surface area contributed by atoms with Crippen LogP contribution < -0.4 is 5.32 Å². The number of piperidine rings is 1. The Balaban J connectivity index is 1.64. The van der Waals surface area contributed by atoms with Crippen LogP contribution in [0.3, 0.4) is 0 Å². The van der Waals surface area contributed by atoms with Crippen LogP contribution in [0.25, 0.3) is 11.3 Å². The molecule has 1 fully saturated rings. The second-order valence-electron chi connectivity index (χ2n) is 6.20. The monoisotopic (exact) mass is 324 g/mol. The summed E-state index contributed by atoms with van der Waals surface area (Å²) >= 11 is 0. The normalized spacial score (nSPS) is 20.3. The third kappa shape index (κ3) is 2.20. The summed E-state index contributed by atoms with van der Waals surface area (Å²) < 4.78 is 0. The predicted octanol–water partition coefficient (Wildman–Crippen LogP) is 1.15. The lowest BCUT2D eigenvalue weighted by Gasteiger charge is -2.29. The molecule has 0 saturated carbocycles. The molecule has 2 N–H and O–H groups in total. The maximum Gasteiger partial charge on any atom is 0.255 e. The number of benzene rings is 1. The standard InChI is InChI=1S/C17H16N4O3/c1-9-7-18-20-15(9)10-2-3-12-11(6-10)8-21(17(12)24)13-4-5-14(22)19-16(13)23/h2-3,6-7,13H,4-5,8H2,1H3,(H,18,20)(H,19,22,23). The Morgan fingerprint density at radius 3 is 2.79 bits per heavy atom. The molecule has 122 valence electrons. The van der Waals surface area contributed by atoms with Crippen molar-refractivity contribution in [2.75, 3.05) is 0 Å².